The molecule has 0 aromatic heterocycles. The van der Waals surface area contributed by atoms with Gasteiger partial charge in [0.15, 0.2) is 6.10 Å². The normalized spacial score (nSPS) is 29.9. The zero-order chi connectivity index (χ0) is 10.6. The average molecular weight is 200 g/mol. The molecule has 0 aromatic carbocycles. The first kappa shape index (κ1) is 11.5. The molecule has 3 nitrogen and oxygen atoms in total. The third kappa shape index (κ3) is 2.98. The van der Waals surface area contributed by atoms with E-state index in [2.05, 4.69) is 6.92 Å². The minimum Gasteiger partial charge on any atom is -0.479 e. The Morgan fingerprint density at radius 1 is 1.50 bits per heavy atom. The molecule has 2 unspecified atom stereocenters. The van der Waals surface area contributed by atoms with E-state index in [0.717, 1.165) is 12.8 Å². The van der Waals surface area contributed by atoms with Crippen LogP contribution in [0.5, 0.6) is 0 Å². The maximum atomic E-state index is 10.6. The fourth-order valence-electron chi connectivity index (χ4n) is 2.14. The minimum atomic E-state index is -0.856. The molecule has 1 fully saturated rings. The topological polar surface area (TPSA) is 46.5 Å². The van der Waals surface area contributed by atoms with Crippen molar-refractivity contribution >= 4 is 5.97 Å². The van der Waals surface area contributed by atoms with Gasteiger partial charge in [-0.05, 0) is 25.7 Å². The van der Waals surface area contributed by atoms with Gasteiger partial charge in [-0.25, -0.2) is 4.79 Å². The molecule has 0 heterocycles. The first-order valence-corrected chi connectivity index (χ1v) is 5.53. The number of aliphatic carboxylic acids is 1. The highest BCUT2D eigenvalue weighted by atomic mass is 16.5. The molecule has 0 aliphatic heterocycles. The summed E-state index contributed by atoms with van der Waals surface area (Å²) >= 11 is 0. The smallest absolute Gasteiger partial charge is 0.332 e. The molecule has 1 aliphatic rings. The van der Waals surface area contributed by atoms with Gasteiger partial charge in [0.25, 0.3) is 0 Å². The van der Waals surface area contributed by atoms with Gasteiger partial charge >= 0.3 is 5.97 Å². The van der Waals surface area contributed by atoms with Crippen LogP contribution < -0.4 is 0 Å². The lowest BCUT2D eigenvalue weighted by Gasteiger charge is -2.31. The molecule has 0 spiro atoms. The zero-order valence-corrected chi connectivity index (χ0v) is 9.03. The second-order valence-electron chi connectivity index (χ2n) is 4.11. The van der Waals surface area contributed by atoms with Crippen LogP contribution >= 0.6 is 0 Å². The van der Waals surface area contributed by atoms with Crippen LogP contribution in [0.25, 0.3) is 0 Å². The molecule has 0 amide bonds. The summed E-state index contributed by atoms with van der Waals surface area (Å²) in [6.45, 7) is 3.77. The maximum Gasteiger partial charge on any atom is 0.332 e. The Bertz CT molecular complexity index is 191. The highest BCUT2D eigenvalue weighted by molar-refractivity contribution is 5.71. The zero-order valence-electron chi connectivity index (χ0n) is 9.03. The van der Waals surface area contributed by atoms with Crippen molar-refractivity contribution in [3.8, 4) is 0 Å². The van der Waals surface area contributed by atoms with Gasteiger partial charge in [0.1, 0.15) is 0 Å². The van der Waals surface area contributed by atoms with Gasteiger partial charge in [-0.15, -0.1) is 0 Å². The summed E-state index contributed by atoms with van der Waals surface area (Å²) in [4.78, 5) is 10.6. The highest BCUT2D eigenvalue weighted by Crippen LogP contribution is 2.29. The van der Waals surface area contributed by atoms with Crippen LogP contribution in [-0.4, -0.2) is 23.3 Å². The second-order valence-corrected chi connectivity index (χ2v) is 4.11. The number of rotatable bonds is 4. The van der Waals surface area contributed by atoms with Crippen LogP contribution in [0.1, 0.15) is 46.0 Å². The number of carboxylic acids is 1. The molecule has 0 saturated heterocycles. The van der Waals surface area contributed by atoms with E-state index in [-0.39, 0.29) is 6.10 Å². The number of ether oxygens (including phenoxy) is 1. The minimum absolute atomic E-state index is 0.167. The first-order valence-electron chi connectivity index (χ1n) is 5.53. The van der Waals surface area contributed by atoms with Crippen molar-refractivity contribution in [2.75, 3.05) is 0 Å². The predicted molar refractivity (Wildman–Crippen MR) is 54.2 cm³/mol. The van der Waals surface area contributed by atoms with Crippen LogP contribution in [-0.2, 0) is 9.53 Å². The van der Waals surface area contributed by atoms with E-state index >= 15 is 0 Å². The van der Waals surface area contributed by atoms with Gasteiger partial charge in [-0.3, -0.25) is 0 Å². The fraction of sp³-hybridized carbons (Fsp3) is 0.909. The summed E-state index contributed by atoms with van der Waals surface area (Å²) in [5, 5.41) is 8.75. The first-order chi connectivity index (χ1) is 6.65. The summed E-state index contributed by atoms with van der Waals surface area (Å²) in [6.07, 6.45) is 5.25. The van der Waals surface area contributed by atoms with Crippen LogP contribution in [0.3, 0.4) is 0 Å². The molecule has 0 aromatic rings. The highest BCUT2D eigenvalue weighted by Gasteiger charge is 2.27. The van der Waals surface area contributed by atoms with Crippen molar-refractivity contribution in [1.82, 2.24) is 0 Å². The fourth-order valence-corrected chi connectivity index (χ4v) is 2.14. The van der Waals surface area contributed by atoms with E-state index < -0.39 is 12.1 Å². The summed E-state index contributed by atoms with van der Waals surface area (Å²) in [5.74, 6) is -0.295. The molecule has 3 atom stereocenters. The van der Waals surface area contributed by atoms with Gasteiger partial charge in [0.05, 0.1) is 6.10 Å². The Balaban J connectivity index is 2.44. The quantitative estimate of drug-likeness (QED) is 0.758. The van der Waals surface area contributed by atoms with E-state index in [1.54, 1.807) is 6.92 Å². The standard InChI is InChI=1S/C11H20O3/c1-3-9-6-4-5-7-10(9)14-8(2)11(12)13/h8-10H,3-7H2,1-2H3,(H,12,13)/t8-,9?,10?/m1/s1. The van der Waals surface area contributed by atoms with Crippen molar-refractivity contribution in [2.45, 2.75) is 58.2 Å². The molecule has 14 heavy (non-hydrogen) atoms. The molecular weight excluding hydrogens is 180 g/mol. The van der Waals surface area contributed by atoms with Gasteiger partial charge in [0, 0.05) is 0 Å². The van der Waals surface area contributed by atoms with Gasteiger partial charge in [-0.1, -0.05) is 26.2 Å². The maximum absolute atomic E-state index is 10.6. The van der Waals surface area contributed by atoms with Crippen LogP contribution in [0.15, 0.2) is 0 Å². The molecule has 0 radical (unpaired) electrons. The Kier molecular flexibility index (Phi) is 4.39. The summed E-state index contributed by atoms with van der Waals surface area (Å²) in [7, 11) is 0. The molecule has 1 N–H and O–H groups in total. The average Bonchev–Trinajstić information content (AvgIpc) is 2.18. The molecule has 1 aliphatic carbocycles. The van der Waals surface area contributed by atoms with Crippen LogP contribution in [0, 0.1) is 5.92 Å². The molecule has 3 heteroatoms. The van der Waals surface area contributed by atoms with Crippen molar-refractivity contribution in [1.29, 1.82) is 0 Å². The molecular formula is C11H20O3. The van der Waals surface area contributed by atoms with E-state index in [1.165, 1.54) is 19.3 Å². The van der Waals surface area contributed by atoms with Gasteiger partial charge in [-0.2, -0.15) is 0 Å². The number of hydrogen-bond acceptors (Lipinski definition) is 2. The predicted octanol–water partition coefficient (Wildman–Crippen LogP) is 2.44. The number of carbonyl (C=O) groups is 1. The lowest BCUT2D eigenvalue weighted by atomic mass is 9.84. The Labute approximate surface area is 85.5 Å². The molecule has 1 saturated carbocycles. The van der Waals surface area contributed by atoms with Crippen LogP contribution in [0.4, 0.5) is 0 Å². The molecule has 0 bridgehead atoms. The Hall–Kier alpha value is -0.570. The lowest BCUT2D eigenvalue weighted by Crippen LogP contribution is -2.33. The summed E-state index contributed by atoms with van der Waals surface area (Å²) in [6, 6.07) is 0. The van der Waals surface area contributed by atoms with Crippen molar-refractivity contribution < 1.29 is 14.6 Å². The van der Waals surface area contributed by atoms with Crippen molar-refractivity contribution in [3.63, 3.8) is 0 Å². The summed E-state index contributed by atoms with van der Waals surface area (Å²) in [5.41, 5.74) is 0. The lowest BCUT2D eigenvalue weighted by molar-refractivity contribution is -0.156. The SMILES string of the molecule is CCC1CCCCC1O[C@H](C)C(=O)O. The Morgan fingerprint density at radius 3 is 2.71 bits per heavy atom. The molecule has 82 valence electrons. The van der Waals surface area contributed by atoms with Gasteiger partial charge in [0.2, 0.25) is 0 Å². The monoisotopic (exact) mass is 200 g/mol. The van der Waals surface area contributed by atoms with E-state index in [1.807, 2.05) is 0 Å². The van der Waals surface area contributed by atoms with Gasteiger partial charge < -0.3 is 9.84 Å². The van der Waals surface area contributed by atoms with E-state index in [9.17, 15) is 4.79 Å². The molecule has 1 rings (SSSR count). The van der Waals surface area contributed by atoms with Crippen LogP contribution in [0.2, 0.25) is 0 Å². The Morgan fingerprint density at radius 2 is 2.14 bits per heavy atom. The van der Waals surface area contributed by atoms with Crippen molar-refractivity contribution in [2.24, 2.45) is 5.92 Å². The summed E-state index contributed by atoms with van der Waals surface area (Å²) < 4.78 is 5.56. The third-order valence-electron chi connectivity index (χ3n) is 3.09. The second kappa shape index (κ2) is 5.35. The van der Waals surface area contributed by atoms with E-state index in [4.69, 9.17) is 9.84 Å². The largest absolute Gasteiger partial charge is 0.479 e. The van der Waals surface area contributed by atoms with E-state index in [0.29, 0.717) is 5.92 Å². The number of hydrogen-bond donors (Lipinski definition) is 1. The number of carboxylic acid groups (broad SMARTS) is 1. The third-order valence-corrected chi connectivity index (χ3v) is 3.09. The van der Waals surface area contributed by atoms with Crippen molar-refractivity contribution in [3.05, 3.63) is 0 Å².